The van der Waals surface area contributed by atoms with Gasteiger partial charge in [-0.15, -0.1) is 0 Å². The molecule has 1 aliphatic heterocycles. The number of hydrogen-bond acceptors (Lipinski definition) is 10. The van der Waals surface area contributed by atoms with Crippen LogP contribution in [0.5, 0.6) is 0 Å². The van der Waals surface area contributed by atoms with E-state index in [-0.39, 0.29) is 19.4 Å². The van der Waals surface area contributed by atoms with Crippen LogP contribution in [0.2, 0.25) is 0 Å². The van der Waals surface area contributed by atoms with Crippen LogP contribution in [0.4, 0.5) is 0 Å². The number of carbonyl (C=O) groups excluding carboxylic acids is 4. The van der Waals surface area contributed by atoms with Crippen LogP contribution in [-0.2, 0) is 60.5 Å². The first-order chi connectivity index (χ1) is 18.9. The van der Waals surface area contributed by atoms with Crippen LogP contribution in [-0.4, -0.2) is 72.1 Å². The molecule has 11 nitrogen and oxygen atoms in total. The molecule has 1 aliphatic rings. The van der Waals surface area contributed by atoms with Crippen LogP contribution in [0.25, 0.3) is 11.1 Å². The summed E-state index contributed by atoms with van der Waals surface area (Å²) in [7, 11) is 0. The Morgan fingerprint density at radius 3 is 1.73 bits per heavy atom. The highest BCUT2D eigenvalue weighted by Crippen LogP contribution is 2.32. The summed E-state index contributed by atoms with van der Waals surface area (Å²) >= 11 is 0. The van der Waals surface area contributed by atoms with Gasteiger partial charge >= 0.3 is 29.8 Å². The minimum Gasteiger partial charge on any atom is -0.481 e. The molecule has 1 saturated heterocycles. The van der Waals surface area contributed by atoms with Gasteiger partial charge in [0.2, 0.25) is 0 Å². The smallest absolute Gasteiger partial charge is 0.307 e. The van der Waals surface area contributed by atoms with Gasteiger partial charge in [0.05, 0.1) is 6.42 Å². The number of carboxylic acids is 1. The maximum Gasteiger partial charge on any atom is 0.307 e. The fourth-order valence-electron chi connectivity index (χ4n) is 4.63. The molecule has 0 amide bonds. The van der Waals surface area contributed by atoms with Crippen LogP contribution >= 0.6 is 0 Å². The molecule has 0 unspecified atom stereocenters. The molecule has 40 heavy (non-hydrogen) atoms. The number of ether oxygens (including phenoxy) is 5. The van der Waals surface area contributed by atoms with Crippen molar-refractivity contribution in [1.82, 2.24) is 0 Å². The third kappa shape index (κ3) is 8.63. The molecule has 0 bridgehead atoms. The number of benzene rings is 2. The molecule has 11 heteroatoms. The Labute approximate surface area is 231 Å². The first kappa shape index (κ1) is 30.3. The second-order valence-electron chi connectivity index (χ2n) is 9.41. The van der Waals surface area contributed by atoms with E-state index in [1.165, 1.54) is 20.8 Å². The molecule has 0 spiro atoms. The van der Waals surface area contributed by atoms with Crippen molar-refractivity contribution in [2.45, 2.75) is 71.1 Å². The van der Waals surface area contributed by atoms with Gasteiger partial charge in [-0.3, -0.25) is 24.0 Å². The largest absolute Gasteiger partial charge is 0.481 e. The lowest BCUT2D eigenvalue weighted by Gasteiger charge is -2.44. The zero-order chi connectivity index (χ0) is 29.4. The Kier molecular flexibility index (Phi) is 10.4. The molecular formula is C29H32O11. The van der Waals surface area contributed by atoms with Gasteiger partial charge in [0, 0.05) is 34.1 Å². The molecule has 0 saturated carbocycles. The highest BCUT2D eigenvalue weighted by Gasteiger charge is 2.51. The molecule has 1 N–H and O–H groups in total. The van der Waals surface area contributed by atoms with Crippen molar-refractivity contribution >= 4 is 29.8 Å². The van der Waals surface area contributed by atoms with E-state index in [9.17, 15) is 24.0 Å². The summed E-state index contributed by atoms with van der Waals surface area (Å²) in [6.07, 6.45) is -5.44. The summed E-state index contributed by atoms with van der Waals surface area (Å²) < 4.78 is 27.8. The second kappa shape index (κ2) is 13.7. The average Bonchev–Trinajstić information content (AvgIpc) is 2.85. The Hall–Kier alpha value is -4.25. The lowest BCUT2D eigenvalue weighted by Crippen LogP contribution is -2.62. The minimum absolute atomic E-state index is 0.113. The molecule has 5 atom stereocenters. The van der Waals surface area contributed by atoms with Crippen molar-refractivity contribution in [3.63, 3.8) is 0 Å². The van der Waals surface area contributed by atoms with Crippen molar-refractivity contribution in [2.24, 2.45) is 0 Å². The van der Waals surface area contributed by atoms with Gasteiger partial charge < -0.3 is 28.8 Å². The summed E-state index contributed by atoms with van der Waals surface area (Å²) in [5.74, 6) is -3.59. The molecule has 2 aromatic rings. The second-order valence-corrected chi connectivity index (χ2v) is 9.41. The van der Waals surface area contributed by atoms with Crippen molar-refractivity contribution in [2.75, 3.05) is 6.61 Å². The predicted octanol–water partition coefficient (Wildman–Crippen LogP) is 2.65. The van der Waals surface area contributed by atoms with Crippen molar-refractivity contribution in [3.05, 3.63) is 59.7 Å². The molecule has 1 fully saturated rings. The average molecular weight is 557 g/mol. The van der Waals surface area contributed by atoms with E-state index in [1.807, 2.05) is 30.3 Å². The fraction of sp³-hybridized carbons (Fsp3) is 0.414. The summed E-state index contributed by atoms with van der Waals surface area (Å²) in [6, 6.07) is 14.6. The van der Waals surface area contributed by atoms with Crippen LogP contribution < -0.4 is 0 Å². The number of aliphatic carboxylic acids is 1. The first-order valence-corrected chi connectivity index (χ1v) is 12.6. The van der Waals surface area contributed by atoms with E-state index < -0.39 is 60.4 Å². The molecule has 2 aromatic carbocycles. The van der Waals surface area contributed by atoms with Gasteiger partial charge in [-0.25, -0.2) is 0 Å². The number of carboxylic acid groups (broad SMARTS) is 1. The number of rotatable bonds is 10. The minimum atomic E-state index is -1.24. The first-order valence-electron chi connectivity index (χ1n) is 12.6. The highest BCUT2D eigenvalue weighted by atomic mass is 16.7. The van der Waals surface area contributed by atoms with E-state index >= 15 is 0 Å². The van der Waals surface area contributed by atoms with E-state index in [4.69, 9.17) is 28.8 Å². The van der Waals surface area contributed by atoms with Crippen LogP contribution in [0, 0.1) is 0 Å². The summed E-state index contributed by atoms with van der Waals surface area (Å²) in [4.78, 5) is 58.7. The zero-order valence-corrected chi connectivity index (χ0v) is 22.7. The quantitative estimate of drug-likeness (QED) is 0.340. The van der Waals surface area contributed by atoms with E-state index in [0.717, 1.165) is 23.6 Å². The summed E-state index contributed by atoms with van der Waals surface area (Å²) in [6.45, 7) is 4.44. The third-order valence-electron chi connectivity index (χ3n) is 6.07. The fourth-order valence-corrected chi connectivity index (χ4v) is 4.63. The topological polar surface area (TPSA) is 152 Å². The molecule has 0 radical (unpaired) electrons. The summed E-state index contributed by atoms with van der Waals surface area (Å²) in [5.41, 5.74) is 3.04. The maximum atomic E-state index is 12.1. The number of esters is 4. The number of hydrogen-bond donors (Lipinski definition) is 1. The van der Waals surface area contributed by atoms with E-state index in [2.05, 4.69) is 0 Å². The van der Waals surface area contributed by atoms with Crippen LogP contribution in [0.1, 0.15) is 38.8 Å². The normalized spacial score (nSPS) is 22.1. The monoisotopic (exact) mass is 556 g/mol. The van der Waals surface area contributed by atoms with E-state index in [1.54, 1.807) is 18.2 Å². The predicted molar refractivity (Wildman–Crippen MR) is 139 cm³/mol. The Morgan fingerprint density at radius 1 is 0.700 bits per heavy atom. The molecule has 0 aliphatic carbocycles. The van der Waals surface area contributed by atoms with Gasteiger partial charge in [0.25, 0.3) is 0 Å². The summed E-state index contributed by atoms with van der Waals surface area (Å²) in [5, 5.41) is 9.14. The zero-order valence-electron chi connectivity index (χ0n) is 22.7. The lowest BCUT2D eigenvalue weighted by molar-refractivity contribution is -0.252. The maximum absolute atomic E-state index is 12.1. The molecule has 0 aromatic heterocycles. The van der Waals surface area contributed by atoms with Gasteiger partial charge in [0.15, 0.2) is 18.3 Å². The van der Waals surface area contributed by atoms with Crippen molar-refractivity contribution < 1.29 is 52.8 Å². The molecular weight excluding hydrogens is 524 g/mol. The van der Waals surface area contributed by atoms with Crippen LogP contribution in [0.15, 0.2) is 48.5 Å². The van der Waals surface area contributed by atoms with E-state index in [0.29, 0.717) is 5.56 Å². The highest BCUT2D eigenvalue weighted by molar-refractivity contribution is 5.72. The molecule has 3 rings (SSSR count). The molecule has 214 valence electrons. The Balaban J connectivity index is 1.97. The van der Waals surface area contributed by atoms with Gasteiger partial charge in [-0.2, -0.15) is 0 Å². The SMILES string of the molecule is CC(=O)OC[C@H]1O[C@@H](Cc2cccc(-c3cccc(CC(=O)O)c3)c2)[C@@H](OC(C)=O)[C@@H](OC(C)=O)[C@@H]1OC(C)=O. The molecule has 1 heterocycles. The van der Waals surface area contributed by atoms with Crippen molar-refractivity contribution in [1.29, 1.82) is 0 Å². The Bertz CT molecular complexity index is 1250. The Morgan fingerprint density at radius 2 is 1.20 bits per heavy atom. The van der Waals surface area contributed by atoms with Gasteiger partial charge in [-0.05, 0) is 22.3 Å². The van der Waals surface area contributed by atoms with Crippen LogP contribution in [0.3, 0.4) is 0 Å². The standard InChI is InChI=1S/C29H32O11/c1-16(30)36-15-25-28(38-18(3)32)29(39-19(4)33)27(37-17(2)31)24(40-25)13-20-7-5-9-22(11-20)23-10-6-8-21(12-23)14-26(34)35/h5-12,24-25,27-29H,13-15H2,1-4H3,(H,34,35)/t24-,25+,27+,28+,29+/m0/s1. The number of carbonyl (C=O) groups is 5. The third-order valence-corrected chi connectivity index (χ3v) is 6.07. The van der Waals surface area contributed by atoms with Gasteiger partial charge in [0.1, 0.15) is 18.8 Å². The van der Waals surface area contributed by atoms with Crippen molar-refractivity contribution in [3.8, 4) is 11.1 Å². The van der Waals surface area contributed by atoms with Gasteiger partial charge in [-0.1, -0.05) is 48.5 Å². The lowest BCUT2D eigenvalue weighted by atomic mass is 9.90.